The van der Waals surface area contributed by atoms with Crippen LogP contribution >= 0.6 is 15.9 Å². The van der Waals surface area contributed by atoms with Gasteiger partial charge >= 0.3 is 0 Å². The second kappa shape index (κ2) is 8.94. The first-order chi connectivity index (χ1) is 11.6. The van der Waals surface area contributed by atoms with Crippen LogP contribution in [0.4, 0.5) is 0 Å². The molecular formula is C19H24BrNO3. The molecule has 0 heterocycles. The molecule has 0 fully saturated rings. The van der Waals surface area contributed by atoms with E-state index < -0.39 is 0 Å². The molecule has 0 bridgehead atoms. The molecule has 1 atom stereocenters. The Hall–Kier alpha value is -1.72. The summed E-state index contributed by atoms with van der Waals surface area (Å²) in [7, 11) is 4.97. The molecule has 0 radical (unpaired) electrons. The molecule has 0 saturated carbocycles. The van der Waals surface area contributed by atoms with Gasteiger partial charge in [-0.15, -0.1) is 0 Å². The van der Waals surface area contributed by atoms with Crippen LogP contribution in [-0.2, 0) is 6.42 Å². The minimum absolute atomic E-state index is 0.257. The molecule has 130 valence electrons. The number of hydrogen-bond donors (Lipinski definition) is 1. The maximum Gasteiger partial charge on any atom is 0.160 e. The molecule has 0 aliphatic heterocycles. The van der Waals surface area contributed by atoms with E-state index in [4.69, 9.17) is 14.2 Å². The highest BCUT2D eigenvalue weighted by Gasteiger charge is 2.09. The average molecular weight is 394 g/mol. The van der Waals surface area contributed by atoms with E-state index in [1.165, 1.54) is 11.1 Å². The SMILES string of the molecule is COc1ccc(C(C)NCCc2ccc(OC)c(OC)c2)cc1Br. The van der Waals surface area contributed by atoms with Gasteiger partial charge in [0.25, 0.3) is 0 Å². The van der Waals surface area contributed by atoms with Crippen molar-refractivity contribution >= 4 is 15.9 Å². The number of methoxy groups -OCH3 is 3. The van der Waals surface area contributed by atoms with Gasteiger partial charge in [-0.25, -0.2) is 0 Å². The quantitative estimate of drug-likeness (QED) is 0.722. The van der Waals surface area contributed by atoms with E-state index in [2.05, 4.69) is 46.4 Å². The summed E-state index contributed by atoms with van der Waals surface area (Å²) >= 11 is 3.53. The van der Waals surface area contributed by atoms with Gasteiger partial charge in [-0.2, -0.15) is 0 Å². The van der Waals surface area contributed by atoms with E-state index in [1.807, 2.05) is 18.2 Å². The van der Waals surface area contributed by atoms with Crippen LogP contribution in [0, 0.1) is 0 Å². The largest absolute Gasteiger partial charge is 0.496 e. The van der Waals surface area contributed by atoms with Crippen molar-refractivity contribution in [2.24, 2.45) is 0 Å². The van der Waals surface area contributed by atoms with Crippen molar-refractivity contribution in [2.75, 3.05) is 27.9 Å². The van der Waals surface area contributed by atoms with E-state index in [0.29, 0.717) is 0 Å². The van der Waals surface area contributed by atoms with E-state index >= 15 is 0 Å². The van der Waals surface area contributed by atoms with Crippen molar-refractivity contribution in [2.45, 2.75) is 19.4 Å². The lowest BCUT2D eigenvalue weighted by Crippen LogP contribution is -2.21. The first-order valence-electron chi connectivity index (χ1n) is 7.86. The summed E-state index contributed by atoms with van der Waals surface area (Å²) in [4.78, 5) is 0. The average Bonchev–Trinajstić information content (AvgIpc) is 2.61. The topological polar surface area (TPSA) is 39.7 Å². The fourth-order valence-corrected chi connectivity index (χ4v) is 3.10. The summed E-state index contributed by atoms with van der Waals surface area (Å²) in [5.41, 5.74) is 2.43. The Labute approximate surface area is 152 Å². The molecule has 24 heavy (non-hydrogen) atoms. The van der Waals surface area contributed by atoms with Crippen LogP contribution in [0.3, 0.4) is 0 Å². The van der Waals surface area contributed by atoms with Crippen LogP contribution in [0.15, 0.2) is 40.9 Å². The van der Waals surface area contributed by atoms with Gasteiger partial charge in [0.2, 0.25) is 0 Å². The van der Waals surface area contributed by atoms with Gasteiger partial charge in [-0.1, -0.05) is 12.1 Å². The lowest BCUT2D eigenvalue weighted by molar-refractivity contribution is 0.354. The monoisotopic (exact) mass is 393 g/mol. The summed E-state index contributed by atoms with van der Waals surface area (Å²) in [5.74, 6) is 2.36. The van der Waals surface area contributed by atoms with Crippen LogP contribution < -0.4 is 19.5 Å². The Morgan fingerprint density at radius 1 is 0.917 bits per heavy atom. The van der Waals surface area contributed by atoms with Crippen LogP contribution in [0.2, 0.25) is 0 Å². The number of halogens is 1. The van der Waals surface area contributed by atoms with Crippen molar-refractivity contribution in [3.63, 3.8) is 0 Å². The zero-order valence-electron chi connectivity index (χ0n) is 14.6. The highest BCUT2D eigenvalue weighted by atomic mass is 79.9. The standard InChI is InChI=1S/C19H24BrNO3/c1-13(15-6-8-17(22-2)16(20)12-15)21-10-9-14-5-7-18(23-3)19(11-14)24-4/h5-8,11-13,21H,9-10H2,1-4H3. The van der Waals surface area contributed by atoms with Gasteiger partial charge in [0, 0.05) is 6.04 Å². The zero-order chi connectivity index (χ0) is 17.5. The predicted molar refractivity (Wildman–Crippen MR) is 100 cm³/mol. The lowest BCUT2D eigenvalue weighted by atomic mass is 10.1. The van der Waals surface area contributed by atoms with Gasteiger partial charge in [-0.3, -0.25) is 0 Å². The lowest BCUT2D eigenvalue weighted by Gasteiger charge is -2.16. The maximum absolute atomic E-state index is 5.35. The molecule has 0 spiro atoms. The minimum atomic E-state index is 0.257. The molecule has 5 heteroatoms. The van der Waals surface area contributed by atoms with Crippen LogP contribution in [-0.4, -0.2) is 27.9 Å². The molecule has 0 saturated heterocycles. The first kappa shape index (κ1) is 18.6. The summed E-state index contributed by atoms with van der Waals surface area (Å²) in [6, 6.07) is 12.4. The summed E-state index contributed by atoms with van der Waals surface area (Å²) in [6.07, 6.45) is 0.919. The molecule has 4 nitrogen and oxygen atoms in total. The second-order valence-electron chi connectivity index (χ2n) is 5.51. The van der Waals surface area contributed by atoms with Crippen LogP contribution in [0.5, 0.6) is 17.2 Å². The Balaban J connectivity index is 1.92. The van der Waals surface area contributed by atoms with Gasteiger partial charge in [-0.05, 0) is 71.2 Å². The zero-order valence-corrected chi connectivity index (χ0v) is 16.1. The number of hydrogen-bond acceptors (Lipinski definition) is 4. The summed E-state index contributed by atoms with van der Waals surface area (Å²) in [5, 5.41) is 3.54. The van der Waals surface area contributed by atoms with Crippen molar-refractivity contribution in [1.82, 2.24) is 5.32 Å². The number of ether oxygens (including phenoxy) is 3. The highest BCUT2D eigenvalue weighted by molar-refractivity contribution is 9.10. The third kappa shape index (κ3) is 4.65. The van der Waals surface area contributed by atoms with Gasteiger partial charge in [0.05, 0.1) is 25.8 Å². The van der Waals surface area contributed by atoms with Crippen LogP contribution in [0.1, 0.15) is 24.1 Å². The molecular weight excluding hydrogens is 370 g/mol. The number of nitrogens with one attached hydrogen (secondary N) is 1. The Morgan fingerprint density at radius 2 is 1.58 bits per heavy atom. The highest BCUT2D eigenvalue weighted by Crippen LogP contribution is 2.29. The van der Waals surface area contributed by atoms with E-state index in [-0.39, 0.29) is 6.04 Å². The molecule has 2 aromatic rings. The Morgan fingerprint density at radius 3 is 2.21 bits per heavy atom. The number of rotatable bonds is 8. The second-order valence-corrected chi connectivity index (χ2v) is 6.36. The van der Waals surface area contributed by atoms with Gasteiger partial charge < -0.3 is 19.5 Å². The van der Waals surface area contributed by atoms with Crippen molar-refractivity contribution in [1.29, 1.82) is 0 Å². The Kier molecular flexibility index (Phi) is 6.94. The molecule has 0 aromatic heterocycles. The smallest absolute Gasteiger partial charge is 0.160 e. The van der Waals surface area contributed by atoms with Gasteiger partial charge in [0.15, 0.2) is 11.5 Å². The van der Waals surface area contributed by atoms with Gasteiger partial charge in [0.1, 0.15) is 5.75 Å². The molecule has 1 N–H and O–H groups in total. The molecule has 1 unspecified atom stereocenters. The normalized spacial score (nSPS) is 11.9. The van der Waals surface area contributed by atoms with E-state index in [0.717, 1.165) is 34.7 Å². The fraction of sp³-hybridized carbons (Fsp3) is 0.368. The Bertz CT molecular complexity index is 676. The first-order valence-corrected chi connectivity index (χ1v) is 8.66. The van der Waals surface area contributed by atoms with Crippen molar-refractivity contribution < 1.29 is 14.2 Å². The predicted octanol–water partition coefficient (Wildman–Crippen LogP) is 4.37. The van der Waals surface area contributed by atoms with E-state index in [9.17, 15) is 0 Å². The third-order valence-electron chi connectivity index (χ3n) is 3.99. The molecule has 2 aromatic carbocycles. The fourth-order valence-electron chi connectivity index (χ4n) is 2.54. The minimum Gasteiger partial charge on any atom is -0.496 e. The summed E-state index contributed by atoms with van der Waals surface area (Å²) < 4.78 is 16.9. The molecule has 0 aliphatic rings. The van der Waals surface area contributed by atoms with E-state index in [1.54, 1.807) is 21.3 Å². The maximum atomic E-state index is 5.35. The third-order valence-corrected chi connectivity index (χ3v) is 4.61. The summed E-state index contributed by atoms with van der Waals surface area (Å²) in [6.45, 7) is 3.03. The molecule has 0 amide bonds. The van der Waals surface area contributed by atoms with Crippen LogP contribution in [0.25, 0.3) is 0 Å². The van der Waals surface area contributed by atoms with Crippen molar-refractivity contribution in [3.8, 4) is 17.2 Å². The molecule has 2 rings (SSSR count). The van der Waals surface area contributed by atoms with Crippen molar-refractivity contribution in [3.05, 3.63) is 52.0 Å². The number of benzene rings is 2. The molecule has 0 aliphatic carbocycles.